The van der Waals surface area contributed by atoms with Gasteiger partial charge in [0.2, 0.25) is 0 Å². The van der Waals surface area contributed by atoms with Gasteiger partial charge in [0.15, 0.2) is 6.29 Å². The monoisotopic (exact) mass is 793 g/mol. The smallest absolute Gasteiger partial charge is 0.310 e. The Morgan fingerprint density at radius 1 is 0.464 bits per heavy atom. The topological polar surface area (TPSA) is 156 Å². The molecule has 12 nitrogen and oxygen atoms in total. The number of ether oxygens (including phenoxy) is 4. The first-order valence-corrected chi connectivity index (χ1v) is 21.2. The normalized spacial score (nSPS) is 28.7. The summed E-state index contributed by atoms with van der Waals surface area (Å²) in [5.74, 6) is -4.17. The highest BCUT2D eigenvalue weighted by atomic mass is 16.6. The molecule has 4 aliphatic rings. The van der Waals surface area contributed by atoms with Crippen LogP contribution >= 0.6 is 0 Å². The zero-order valence-corrected chi connectivity index (χ0v) is 37.9. The van der Waals surface area contributed by atoms with Crippen molar-refractivity contribution in [1.82, 2.24) is 21.3 Å². The maximum absolute atomic E-state index is 14.7. The van der Waals surface area contributed by atoms with Gasteiger partial charge in [-0.1, -0.05) is 0 Å². The molecule has 12 heteroatoms. The average Bonchev–Trinajstić information content (AvgIpc) is 2.87. The largest absolute Gasteiger partial charge is 0.462 e. The van der Waals surface area contributed by atoms with E-state index in [4.69, 9.17) is 18.9 Å². The first-order valence-electron chi connectivity index (χ1n) is 21.2. The average molecular weight is 793 g/mol. The molecule has 0 aromatic rings. The van der Waals surface area contributed by atoms with Crippen molar-refractivity contribution in [2.24, 2.45) is 11.8 Å². The lowest BCUT2D eigenvalue weighted by molar-refractivity contribution is -0.207. The number of carbonyl (C=O) groups excluding carboxylic acids is 3. The number of nitrogens with one attached hydrogen (secondary N) is 4. The minimum Gasteiger partial charge on any atom is -0.462 e. The molecule has 0 amide bonds. The molecule has 0 spiro atoms. The maximum atomic E-state index is 14.7. The number of aliphatic hydroxyl groups is 1. The van der Waals surface area contributed by atoms with Gasteiger partial charge in [-0.2, -0.15) is 0 Å². The Bertz CT molecular complexity index is 1350. The quantitative estimate of drug-likeness (QED) is 0.0868. The first-order chi connectivity index (χ1) is 25.1. The first kappa shape index (κ1) is 46.9. The van der Waals surface area contributed by atoms with Crippen LogP contribution in [0, 0.1) is 11.8 Å². The predicted octanol–water partition coefficient (Wildman–Crippen LogP) is 6.20. The minimum atomic E-state index is -1.57. The predicted molar refractivity (Wildman–Crippen MR) is 219 cm³/mol. The molecule has 3 atom stereocenters. The van der Waals surface area contributed by atoms with Gasteiger partial charge in [-0.15, -0.1) is 0 Å². The fraction of sp³-hybridized carbons (Fsp3) is 0.932. The number of esters is 3. The van der Waals surface area contributed by atoms with E-state index < -0.39 is 42.1 Å². The summed E-state index contributed by atoms with van der Waals surface area (Å²) in [5, 5.41) is 26.7. The molecule has 0 aromatic carbocycles. The van der Waals surface area contributed by atoms with Crippen LogP contribution in [0.15, 0.2) is 0 Å². The minimum absolute atomic E-state index is 0.270. The number of carbonyl (C=O) groups is 3. The van der Waals surface area contributed by atoms with Crippen LogP contribution in [0.4, 0.5) is 0 Å². The second-order valence-corrected chi connectivity index (χ2v) is 23.3. The van der Waals surface area contributed by atoms with E-state index in [1.807, 2.05) is 0 Å². The van der Waals surface area contributed by atoms with Gasteiger partial charge in [0.05, 0.1) is 24.9 Å². The summed E-state index contributed by atoms with van der Waals surface area (Å²) in [6.45, 7) is 33.4. The van der Waals surface area contributed by atoms with Crippen LogP contribution in [0.2, 0.25) is 0 Å². The Hall–Kier alpha value is -1.83. The van der Waals surface area contributed by atoms with E-state index in [1.165, 1.54) is 0 Å². The van der Waals surface area contributed by atoms with Crippen LogP contribution in [0.25, 0.3) is 0 Å². The summed E-state index contributed by atoms with van der Waals surface area (Å²) in [5.41, 5.74) is -2.29. The van der Waals surface area contributed by atoms with Crippen LogP contribution in [0.3, 0.4) is 0 Å². The van der Waals surface area contributed by atoms with Crippen molar-refractivity contribution in [1.29, 1.82) is 0 Å². The third-order valence-corrected chi connectivity index (χ3v) is 11.8. The van der Waals surface area contributed by atoms with E-state index in [1.54, 1.807) is 0 Å². The zero-order valence-electron chi connectivity index (χ0n) is 37.9. The molecule has 3 unspecified atom stereocenters. The van der Waals surface area contributed by atoms with E-state index >= 15 is 0 Å². The Labute approximate surface area is 338 Å². The van der Waals surface area contributed by atoms with Gasteiger partial charge < -0.3 is 45.3 Å². The summed E-state index contributed by atoms with van der Waals surface area (Å²) >= 11 is 0. The molecule has 56 heavy (non-hydrogen) atoms. The van der Waals surface area contributed by atoms with Crippen LogP contribution in [-0.4, -0.2) is 98.0 Å². The summed E-state index contributed by atoms with van der Waals surface area (Å²) in [4.78, 5) is 42.8. The molecule has 0 aromatic heterocycles. The number of rotatable bonds is 12. The molecule has 4 saturated heterocycles. The lowest BCUT2D eigenvalue weighted by Crippen LogP contribution is -2.60. The highest BCUT2D eigenvalue weighted by Crippen LogP contribution is 2.38. The summed E-state index contributed by atoms with van der Waals surface area (Å²) in [7, 11) is 0. The molecule has 0 aliphatic carbocycles. The van der Waals surface area contributed by atoms with Gasteiger partial charge in [-0.3, -0.25) is 14.4 Å². The Morgan fingerprint density at radius 3 is 1.05 bits per heavy atom. The molecule has 4 aliphatic heterocycles. The maximum Gasteiger partial charge on any atom is 0.310 e. The molecule has 0 radical (unpaired) electrons. The standard InChI is InChI=1S/C44H80N4O8/c1-37(2)19-27(20-38(3,4)45-37)53-33(49)17-31(35(51)55-29-23-41(9,10)47-42(11,12)24-29)32(36(52)56-30-25-43(13,14)48-44(15,16)26-30)18-34(50)54-28-21-39(5,6)46-40(7,8)22-28/h27-32,35,45-48,51H,17-26H2,1-16H3. The second kappa shape index (κ2) is 16.3. The Kier molecular flexibility index (Phi) is 13.7. The van der Waals surface area contributed by atoms with Crippen molar-refractivity contribution in [3.05, 3.63) is 0 Å². The highest BCUT2D eigenvalue weighted by Gasteiger charge is 2.47. The lowest BCUT2D eigenvalue weighted by atomic mass is 9.80. The fourth-order valence-electron chi connectivity index (χ4n) is 11.5. The van der Waals surface area contributed by atoms with Gasteiger partial charge in [0.1, 0.15) is 18.3 Å². The van der Waals surface area contributed by atoms with E-state index in [0.717, 1.165) is 0 Å². The van der Waals surface area contributed by atoms with Crippen LogP contribution in [0.1, 0.15) is 175 Å². The van der Waals surface area contributed by atoms with Crippen LogP contribution in [-0.2, 0) is 33.3 Å². The number of hydrogen-bond acceptors (Lipinski definition) is 12. The second-order valence-electron chi connectivity index (χ2n) is 23.3. The van der Waals surface area contributed by atoms with Gasteiger partial charge in [-0.25, -0.2) is 0 Å². The lowest BCUT2D eigenvalue weighted by Gasteiger charge is -2.47. The molecular formula is C44H80N4O8. The number of aliphatic hydroxyl groups excluding tert-OH is 1. The molecular weight excluding hydrogens is 713 g/mol. The highest BCUT2D eigenvalue weighted by molar-refractivity contribution is 5.81. The van der Waals surface area contributed by atoms with Gasteiger partial charge in [-0.05, 0) is 124 Å². The molecule has 4 rings (SSSR count). The van der Waals surface area contributed by atoms with E-state index in [-0.39, 0.29) is 75.5 Å². The van der Waals surface area contributed by atoms with Crippen LogP contribution in [0.5, 0.6) is 0 Å². The van der Waals surface area contributed by atoms with Gasteiger partial charge >= 0.3 is 17.9 Å². The molecule has 4 fully saturated rings. The Morgan fingerprint density at radius 2 is 0.732 bits per heavy atom. The molecule has 0 bridgehead atoms. The number of piperidine rings is 4. The summed E-state index contributed by atoms with van der Waals surface area (Å²) < 4.78 is 25.1. The van der Waals surface area contributed by atoms with Gasteiger partial charge in [0.25, 0.3) is 0 Å². The van der Waals surface area contributed by atoms with E-state index in [2.05, 4.69) is 132 Å². The van der Waals surface area contributed by atoms with Gasteiger partial charge in [0, 0.05) is 88.8 Å². The SMILES string of the molecule is CC1(C)CC(OC(=O)CC(C(=O)OC2CC(C)(C)NC(C)(C)C2)C(CC(=O)OC2CC(C)(C)NC(C)(C)C2)C(O)OC2CC(C)(C)NC(C)(C)C2)CC(C)(C)N1. The summed E-state index contributed by atoms with van der Waals surface area (Å²) in [6, 6.07) is 0. The van der Waals surface area contributed by atoms with E-state index in [9.17, 15) is 19.5 Å². The third-order valence-electron chi connectivity index (χ3n) is 11.8. The zero-order chi connectivity index (χ0) is 42.5. The molecule has 5 N–H and O–H groups in total. The van der Waals surface area contributed by atoms with E-state index in [0.29, 0.717) is 51.4 Å². The van der Waals surface area contributed by atoms with Crippen molar-refractivity contribution >= 4 is 17.9 Å². The molecule has 0 saturated carbocycles. The fourth-order valence-corrected chi connectivity index (χ4v) is 11.5. The number of hydrogen-bond donors (Lipinski definition) is 5. The molecule has 324 valence electrons. The molecule has 4 heterocycles. The van der Waals surface area contributed by atoms with Crippen molar-refractivity contribution < 1.29 is 38.4 Å². The summed E-state index contributed by atoms with van der Waals surface area (Å²) in [6.07, 6.45) is 0.851. The van der Waals surface area contributed by atoms with Crippen molar-refractivity contribution in [2.45, 2.75) is 250 Å². The Balaban J connectivity index is 1.68. The van der Waals surface area contributed by atoms with Crippen molar-refractivity contribution in [3.8, 4) is 0 Å². The van der Waals surface area contributed by atoms with Crippen molar-refractivity contribution in [2.75, 3.05) is 0 Å². The van der Waals surface area contributed by atoms with Crippen molar-refractivity contribution in [3.63, 3.8) is 0 Å². The third kappa shape index (κ3) is 14.2. The van der Waals surface area contributed by atoms with Crippen LogP contribution < -0.4 is 21.3 Å².